The lowest BCUT2D eigenvalue weighted by Gasteiger charge is -2.23. The minimum Gasteiger partial charge on any atom is -0.385 e. The van der Waals surface area contributed by atoms with Crippen LogP contribution in [0.2, 0.25) is 0 Å². The molecule has 0 amide bonds. The lowest BCUT2D eigenvalue weighted by atomic mass is 9.82. The van der Waals surface area contributed by atoms with Gasteiger partial charge in [-0.1, -0.05) is 24.3 Å². The molecule has 2 aromatic rings. The highest BCUT2D eigenvalue weighted by atomic mass is 16.3. The van der Waals surface area contributed by atoms with E-state index in [0.717, 1.165) is 0 Å². The number of anilines is 2. The van der Waals surface area contributed by atoms with E-state index in [4.69, 9.17) is 0 Å². The van der Waals surface area contributed by atoms with Crippen LogP contribution in [0.15, 0.2) is 36.4 Å². The Bertz CT molecular complexity index is 702. The number of hydrogen-bond acceptors (Lipinski definition) is 4. The SMILES string of the molecule is [15CH3]CNc1ccc(NC[16CH3])c2c1C(=O)c1ccccc1C2=O. The van der Waals surface area contributed by atoms with Crippen LogP contribution in [0.5, 0.6) is 0 Å². The van der Waals surface area contributed by atoms with Gasteiger partial charge in [0.05, 0.1) is 11.1 Å². The van der Waals surface area contributed by atoms with Crippen LogP contribution < -0.4 is 10.6 Å². The zero-order valence-electron chi connectivity index (χ0n) is 12.7. The Balaban J connectivity index is 2.29. The van der Waals surface area contributed by atoms with Gasteiger partial charge in [0, 0.05) is 35.6 Å². The molecule has 0 spiro atoms. The number of ketones is 2. The molecule has 0 saturated carbocycles. The van der Waals surface area contributed by atoms with Gasteiger partial charge in [0.2, 0.25) is 0 Å². The van der Waals surface area contributed by atoms with Crippen LogP contribution in [0, 0.1) is 0 Å². The molecule has 4 nitrogen and oxygen atoms in total. The minimum atomic E-state index is -0.0964. The van der Waals surface area contributed by atoms with Gasteiger partial charge in [-0.3, -0.25) is 9.59 Å². The molecule has 0 radical (unpaired) electrons. The zero-order valence-corrected chi connectivity index (χ0v) is 12.7. The average molecular weight is 301 g/mol. The van der Waals surface area contributed by atoms with Crippen molar-refractivity contribution in [2.24, 2.45) is 0 Å². The fraction of sp³-hybridized carbons (Fsp3) is 0.222. The smallest absolute Gasteiger partial charge is 0.196 e. The molecule has 0 heterocycles. The van der Waals surface area contributed by atoms with Crippen LogP contribution in [-0.4, -0.2) is 24.7 Å². The number of carbonyl (C=O) groups excluding carboxylic acids is 2. The highest BCUT2D eigenvalue weighted by Crippen LogP contribution is 2.36. The molecule has 3 rings (SSSR count). The van der Waals surface area contributed by atoms with Gasteiger partial charge >= 0.3 is 0 Å². The summed E-state index contributed by atoms with van der Waals surface area (Å²) in [7, 11) is 0. The van der Waals surface area contributed by atoms with Gasteiger partial charge in [-0.05, 0) is 26.0 Å². The van der Waals surface area contributed by atoms with Crippen LogP contribution in [0.4, 0.5) is 11.4 Å². The zero-order chi connectivity index (χ0) is 15.7. The van der Waals surface area contributed by atoms with E-state index in [0.29, 0.717) is 46.7 Å². The average Bonchev–Trinajstić information content (AvgIpc) is 2.54. The summed E-state index contributed by atoms with van der Waals surface area (Å²) in [6.07, 6.45) is 0. The topological polar surface area (TPSA) is 58.2 Å². The lowest BCUT2D eigenvalue weighted by Crippen LogP contribution is -2.24. The van der Waals surface area contributed by atoms with Crippen molar-refractivity contribution in [3.8, 4) is 0 Å². The van der Waals surface area contributed by atoms with E-state index in [-0.39, 0.29) is 11.6 Å². The van der Waals surface area contributed by atoms with Crippen molar-refractivity contribution in [1.82, 2.24) is 0 Å². The number of hydrogen-bond donors (Lipinski definition) is 2. The summed E-state index contributed by atoms with van der Waals surface area (Å²) in [6.45, 7) is 5.31. The summed E-state index contributed by atoms with van der Waals surface area (Å²) in [5, 5.41) is 6.37. The number of rotatable bonds is 4. The third-order valence-electron chi connectivity index (χ3n) is 3.81. The molecule has 1 aliphatic rings. The van der Waals surface area contributed by atoms with Gasteiger partial charge in [0.1, 0.15) is 0 Å². The Morgan fingerprint density at radius 2 is 1.36 bits per heavy atom. The van der Waals surface area contributed by atoms with Crippen molar-refractivity contribution in [3.63, 3.8) is 0 Å². The predicted molar refractivity (Wildman–Crippen MR) is 88.1 cm³/mol. The van der Waals surface area contributed by atoms with Crippen LogP contribution in [0.25, 0.3) is 0 Å². The summed E-state index contributed by atoms with van der Waals surface area (Å²) in [4.78, 5) is 25.8. The second-order valence-electron chi connectivity index (χ2n) is 5.18. The molecule has 2 aromatic carbocycles. The summed E-state index contributed by atoms with van der Waals surface area (Å²) < 4.78 is 0. The van der Waals surface area contributed by atoms with Crippen molar-refractivity contribution < 1.29 is 9.59 Å². The van der Waals surface area contributed by atoms with Crippen molar-refractivity contribution in [3.05, 3.63) is 58.7 Å². The fourth-order valence-electron chi connectivity index (χ4n) is 2.90. The summed E-state index contributed by atoms with van der Waals surface area (Å²) >= 11 is 0. The maximum absolute atomic E-state index is 12.9. The molecule has 112 valence electrons. The number of fused-ring (bicyclic) bond motifs is 2. The van der Waals surface area contributed by atoms with E-state index in [1.54, 1.807) is 24.3 Å². The molecule has 4 heteroatoms. The van der Waals surface area contributed by atoms with E-state index in [1.807, 2.05) is 26.0 Å². The summed E-state index contributed by atoms with van der Waals surface area (Å²) in [5.41, 5.74) is 3.34. The van der Waals surface area contributed by atoms with Crippen molar-refractivity contribution in [1.29, 1.82) is 0 Å². The van der Waals surface area contributed by atoms with Crippen molar-refractivity contribution in [2.75, 3.05) is 23.7 Å². The first-order valence-corrected chi connectivity index (χ1v) is 7.52. The lowest BCUT2D eigenvalue weighted by molar-refractivity contribution is 0.0980. The molecule has 2 N–H and O–H groups in total. The van der Waals surface area contributed by atoms with Crippen molar-refractivity contribution in [2.45, 2.75) is 13.8 Å². The minimum absolute atomic E-state index is 0.0964. The molecule has 0 unspecified atom stereocenters. The van der Waals surface area contributed by atoms with Gasteiger partial charge in [-0.15, -0.1) is 0 Å². The number of carbonyl (C=O) groups is 2. The quantitative estimate of drug-likeness (QED) is 0.776. The normalized spacial score (nSPS) is 12.6. The highest BCUT2D eigenvalue weighted by molar-refractivity contribution is 6.31. The third kappa shape index (κ3) is 2.08. The molecule has 0 saturated heterocycles. The highest BCUT2D eigenvalue weighted by Gasteiger charge is 2.33. The predicted octanol–water partition coefficient (Wildman–Crippen LogP) is 3.33. The van der Waals surface area contributed by atoms with Gasteiger partial charge < -0.3 is 10.6 Å². The van der Waals surface area contributed by atoms with Gasteiger partial charge in [0.25, 0.3) is 0 Å². The largest absolute Gasteiger partial charge is 0.385 e. The monoisotopic (exact) mass is 301 g/mol. The molecule has 0 atom stereocenters. The summed E-state index contributed by atoms with van der Waals surface area (Å²) in [6, 6.07) is 10.7. The molecule has 0 aliphatic heterocycles. The molecule has 0 fully saturated rings. The Morgan fingerprint density at radius 1 is 0.864 bits per heavy atom. The second-order valence-corrected chi connectivity index (χ2v) is 5.18. The van der Waals surface area contributed by atoms with Crippen LogP contribution in [0.1, 0.15) is 45.7 Å². The van der Waals surface area contributed by atoms with Crippen LogP contribution in [-0.2, 0) is 0 Å². The molecular formula is C18H18N2O2. The fourth-order valence-corrected chi connectivity index (χ4v) is 2.90. The van der Waals surface area contributed by atoms with E-state index in [1.165, 1.54) is 0 Å². The molecule has 1 aliphatic carbocycles. The second kappa shape index (κ2) is 5.64. The van der Waals surface area contributed by atoms with Gasteiger partial charge in [-0.2, -0.15) is 0 Å². The first-order valence-electron chi connectivity index (χ1n) is 7.52. The first-order chi connectivity index (χ1) is 10.7. The Labute approximate surface area is 129 Å². The number of benzene rings is 2. The van der Waals surface area contributed by atoms with E-state index >= 15 is 0 Å². The van der Waals surface area contributed by atoms with Crippen LogP contribution in [0.3, 0.4) is 0 Å². The number of nitrogens with one attached hydrogen (secondary N) is 2. The van der Waals surface area contributed by atoms with Crippen LogP contribution >= 0.6 is 0 Å². The van der Waals surface area contributed by atoms with E-state index < -0.39 is 0 Å². The Kier molecular flexibility index (Phi) is 3.67. The van der Waals surface area contributed by atoms with E-state index in [9.17, 15) is 9.59 Å². The maximum atomic E-state index is 12.9. The standard InChI is InChI=1S/C18H18N2O2/c1-3-19-13-9-10-14(20-4-2)16-15(13)17(21)11-7-5-6-8-12(11)18(16)22/h5-10,19-20H,3-4H2,1-2H3/i1+3,2+4. The first kappa shape index (κ1) is 14.3. The molecule has 0 bridgehead atoms. The molecular weight excluding hydrogens is 283 g/mol. The van der Waals surface area contributed by atoms with Gasteiger partial charge in [-0.25, -0.2) is 0 Å². The van der Waals surface area contributed by atoms with Gasteiger partial charge in [0.15, 0.2) is 11.6 Å². The molecule has 0 aromatic heterocycles. The third-order valence-corrected chi connectivity index (χ3v) is 3.81. The van der Waals surface area contributed by atoms with E-state index in [2.05, 4.69) is 10.6 Å². The van der Waals surface area contributed by atoms with Crippen molar-refractivity contribution >= 4 is 22.9 Å². The Morgan fingerprint density at radius 3 is 1.82 bits per heavy atom. The molecule has 22 heavy (non-hydrogen) atoms. The summed E-state index contributed by atoms with van der Waals surface area (Å²) in [5.74, 6) is -0.193. The Hall–Kier alpha value is -2.62. The maximum Gasteiger partial charge on any atom is 0.196 e.